The van der Waals surface area contributed by atoms with E-state index >= 15 is 0 Å². The van der Waals surface area contributed by atoms with Crippen molar-refractivity contribution in [1.29, 1.82) is 0 Å². The van der Waals surface area contributed by atoms with Gasteiger partial charge in [0.05, 0.1) is 0 Å². The smallest absolute Gasteiger partial charge is 0.223 e. The van der Waals surface area contributed by atoms with Gasteiger partial charge in [0.1, 0.15) is 0 Å². The average molecular weight is 265 g/mol. The van der Waals surface area contributed by atoms with E-state index in [2.05, 4.69) is 17.5 Å². The Balaban J connectivity index is 1.67. The number of carbonyl (C=O) groups excluding carboxylic acids is 1. The van der Waals surface area contributed by atoms with E-state index in [0.717, 1.165) is 25.2 Å². The number of aliphatic hydroxyl groups is 1. The molecule has 0 bridgehead atoms. The third-order valence-electron chi connectivity index (χ3n) is 4.59. The monoisotopic (exact) mass is 265 g/mol. The largest absolute Gasteiger partial charge is 0.396 e. The Morgan fingerprint density at radius 3 is 2.53 bits per heavy atom. The number of aliphatic hydroxyl groups excluding tert-OH is 1. The topological polar surface area (TPSA) is 49.3 Å². The first kappa shape index (κ1) is 14.6. The third-order valence-corrected chi connectivity index (χ3v) is 4.59. The Bertz CT molecular complexity index is 300. The van der Waals surface area contributed by atoms with E-state index in [1.165, 1.54) is 32.1 Å². The van der Waals surface area contributed by atoms with Gasteiger partial charge in [0.25, 0.3) is 0 Å². The summed E-state index contributed by atoms with van der Waals surface area (Å²) >= 11 is 0. The van der Waals surface area contributed by atoms with Crippen molar-refractivity contribution in [2.75, 3.05) is 13.2 Å². The predicted octanol–water partition coefficient (Wildman–Crippen LogP) is 2.65. The number of amides is 1. The maximum Gasteiger partial charge on any atom is 0.223 e. The van der Waals surface area contributed by atoms with Crippen LogP contribution < -0.4 is 5.32 Å². The van der Waals surface area contributed by atoms with Crippen molar-refractivity contribution >= 4 is 5.91 Å². The van der Waals surface area contributed by atoms with E-state index in [1.807, 2.05) is 0 Å². The van der Waals surface area contributed by atoms with E-state index in [9.17, 15) is 9.90 Å². The molecule has 0 aliphatic heterocycles. The van der Waals surface area contributed by atoms with Crippen LogP contribution in [0.5, 0.6) is 0 Å². The lowest BCUT2D eigenvalue weighted by molar-refractivity contribution is -0.124. The van der Waals surface area contributed by atoms with Crippen LogP contribution in [0.15, 0.2) is 12.2 Å². The van der Waals surface area contributed by atoms with Gasteiger partial charge in [0, 0.05) is 19.1 Å². The molecule has 0 unspecified atom stereocenters. The molecule has 1 atom stereocenters. The van der Waals surface area contributed by atoms with Crippen molar-refractivity contribution in [3.63, 3.8) is 0 Å². The van der Waals surface area contributed by atoms with Crippen LogP contribution in [0.25, 0.3) is 0 Å². The maximum absolute atomic E-state index is 11.9. The van der Waals surface area contributed by atoms with Crippen LogP contribution in [-0.2, 0) is 4.79 Å². The summed E-state index contributed by atoms with van der Waals surface area (Å²) in [6.45, 7) is 0.835. The molecule has 2 rings (SSSR count). The number of nitrogens with one attached hydrogen (secondary N) is 1. The number of hydrogen-bond donors (Lipinski definition) is 2. The number of carbonyl (C=O) groups is 1. The molecule has 108 valence electrons. The van der Waals surface area contributed by atoms with Crippen LogP contribution in [0.2, 0.25) is 0 Å². The van der Waals surface area contributed by atoms with Gasteiger partial charge in [-0.05, 0) is 31.1 Å². The zero-order chi connectivity index (χ0) is 13.5. The summed E-state index contributed by atoms with van der Waals surface area (Å²) in [4.78, 5) is 11.9. The first-order valence-corrected chi connectivity index (χ1v) is 7.83. The molecule has 3 nitrogen and oxygen atoms in total. The van der Waals surface area contributed by atoms with Gasteiger partial charge in [-0.1, -0.05) is 44.3 Å². The zero-order valence-electron chi connectivity index (χ0n) is 11.8. The summed E-state index contributed by atoms with van der Waals surface area (Å²) < 4.78 is 0. The Morgan fingerprint density at radius 1 is 1.21 bits per heavy atom. The maximum atomic E-state index is 11.9. The molecule has 0 saturated heterocycles. The van der Waals surface area contributed by atoms with Gasteiger partial charge in [-0.3, -0.25) is 4.79 Å². The second-order valence-electron chi connectivity index (χ2n) is 6.17. The van der Waals surface area contributed by atoms with Crippen molar-refractivity contribution in [2.24, 2.45) is 17.8 Å². The highest BCUT2D eigenvalue weighted by Gasteiger charge is 2.22. The van der Waals surface area contributed by atoms with Crippen LogP contribution in [0.3, 0.4) is 0 Å². The minimum atomic E-state index is 0.133. The van der Waals surface area contributed by atoms with E-state index in [0.29, 0.717) is 6.54 Å². The summed E-state index contributed by atoms with van der Waals surface area (Å²) in [6, 6.07) is 0. The normalized spacial score (nSPS) is 22.6. The van der Waals surface area contributed by atoms with Gasteiger partial charge in [0.2, 0.25) is 5.91 Å². The molecule has 0 aromatic heterocycles. The van der Waals surface area contributed by atoms with E-state index in [-0.39, 0.29) is 24.3 Å². The molecular weight excluding hydrogens is 238 g/mol. The summed E-state index contributed by atoms with van der Waals surface area (Å²) in [5.41, 5.74) is 0. The number of hydrogen-bond acceptors (Lipinski definition) is 2. The van der Waals surface area contributed by atoms with Gasteiger partial charge >= 0.3 is 0 Å². The van der Waals surface area contributed by atoms with Crippen LogP contribution in [0.1, 0.15) is 51.4 Å². The van der Waals surface area contributed by atoms with Gasteiger partial charge in [0.15, 0.2) is 0 Å². The Kier molecular flexibility index (Phi) is 5.90. The van der Waals surface area contributed by atoms with E-state index in [4.69, 9.17) is 0 Å². The molecule has 19 heavy (non-hydrogen) atoms. The molecular formula is C16H27NO2. The second-order valence-corrected chi connectivity index (χ2v) is 6.17. The molecule has 0 aromatic carbocycles. The van der Waals surface area contributed by atoms with Crippen molar-refractivity contribution in [3.05, 3.63) is 12.2 Å². The Labute approximate surface area is 116 Å². The zero-order valence-corrected chi connectivity index (χ0v) is 11.8. The fourth-order valence-electron chi connectivity index (χ4n) is 3.34. The lowest BCUT2D eigenvalue weighted by atomic mass is 9.83. The summed E-state index contributed by atoms with van der Waals surface area (Å²) in [5, 5.41) is 12.5. The molecule has 0 aromatic rings. The van der Waals surface area contributed by atoms with Gasteiger partial charge in [-0.25, -0.2) is 0 Å². The molecule has 0 radical (unpaired) electrons. The van der Waals surface area contributed by atoms with Crippen molar-refractivity contribution in [1.82, 2.24) is 5.32 Å². The molecule has 2 N–H and O–H groups in total. The van der Waals surface area contributed by atoms with E-state index < -0.39 is 0 Å². The van der Waals surface area contributed by atoms with Crippen LogP contribution in [-0.4, -0.2) is 24.2 Å². The van der Waals surface area contributed by atoms with Crippen LogP contribution in [0, 0.1) is 17.8 Å². The fourth-order valence-corrected chi connectivity index (χ4v) is 3.34. The van der Waals surface area contributed by atoms with Crippen LogP contribution in [0.4, 0.5) is 0 Å². The molecule has 1 amide bonds. The quantitative estimate of drug-likeness (QED) is 0.725. The minimum Gasteiger partial charge on any atom is -0.396 e. The average Bonchev–Trinajstić information content (AvgIpc) is 2.98. The standard InChI is InChI=1S/C16H27NO2/c18-12-14(10-13-6-2-1-3-7-13)11-17-16(19)15-8-4-5-9-15/h4-5,13-15,18H,1-3,6-12H2,(H,17,19)/t14-/m0/s1. The minimum absolute atomic E-state index is 0.133. The van der Waals surface area contributed by atoms with E-state index in [1.54, 1.807) is 0 Å². The molecule has 3 heteroatoms. The first-order valence-electron chi connectivity index (χ1n) is 7.83. The molecule has 2 aliphatic carbocycles. The highest BCUT2D eigenvalue weighted by molar-refractivity contribution is 5.79. The predicted molar refractivity (Wildman–Crippen MR) is 76.6 cm³/mol. The molecule has 0 heterocycles. The lowest BCUT2D eigenvalue weighted by Crippen LogP contribution is -2.35. The second kappa shape index (κ2) is 7.68. The number of rotatable bonds is 6. The van der Waals surface area contributed by atoms with Crippen molar-refractivity contribution in [3.8, 4) is 0 Å². The fraction of sp³-hybridized carbons (Fsp3) is 0.812. The number of allylic oxidation sites excluding steroid dienone is 2. The highest BCUT2D eigenvalue weighted by Crippen LogP contribution is 2.29. The summed E-state index contributed by atoms with van der Waals surface area (Å²) in [6.07, 6.45) is 13.6. The summed E-state index contributed by atoms with van der Waals surface area (Å²) in [5.74, 6) is 1.29. The molecule has 2 aliphatic rings. The van der Waals surface area contributed by atoms with Crippen LogP contribution >= 0.6 is 0 Å². The van der Waals surface area contributed by atoms with Gasteiger partial charge in [-0.15, -0.1) is 0 Å². The third kappa shape index (κ3) is 4.64. The summed E-state index contributed by atoms with van der Waals surface area (Å²) in [7, 11) is 0. The molecule has 1 fully saturated rings. The van der Waals surface area contributed by atoms with Crippen molar-refractivity contribution < 1.29 is 9.90 Å². The Morgan fingerprint density at radius 2 is 1.89 bits per heavy atom. The van der Waals surface area contributed by atoms with Crippen molar-refractivity contribution in [2.45, 2.75) is 51.4 Å². The van der Waals surface area contributed by atoms with Gasteiger partial charge < -0.3 is 10.4 Å². The lowest BCUT2D eigenvalue weighted by Gasteiger charge is -2.26. The SMILES string of the molecule is O=C(NC[C@@H](CO)CC1CCCCC1)C1CC=CC1. The Hall–Kier alpha value is -0.830. The first-order chi connectivity index (χ1) is 9.29. The molecule has 1 saturated carbocycles. The molecule has 0 spiro atoms. The van der Waals surface area contributed by atoms with Gasteiger partial charge in [-0.2, -0.15) is 0 Å². The highest BCUT2D eigenvalue weighted by atomic mass is 16.3.